The van der Waals surface area contributed by atoms with Gasteiger partial charge in [0.25, 0.3) is 0 Å². The largest absolute Gasteiger partial charge is 0.368 e. The smallest absolute Gasteiger partial charge is 0.242 e. The molecule has 1 N–H and O–H groups in total. The maximum atomic E-state index is 13.0. The molecule has 1 amide bonds. The molecular formula is C28H35N5O. The highest BCUT2D eigenvalue weighted by atomic mass is 16.2. The van der Waals surface area contributed by atoms with E-state index in [1.165, 1.54) is 11.3 Å². The molecule has 178 valence electrons. The fourth-order valence-electron chi connectivity index (χ4n) is 4.41. The van der Waals surface area contributed by atoms with Crippen molar-refractivity contribution in [2.75, 3.05) is 38.0 Å². The Balaban J connectivity index is 1.37. The zero-order valence-corrected chi connectivity index (χ0v) is 20.3. The van der Waals surface area contributed by atoms with E-state index in [2.05, 4.69) is 72.7 Å². The molecule has 0 spiro atoms. The van der Waals surface area contributed by atoms with Crippen molar-refractivity contribution in [3.63, 3.8) is 0 Å². The highest BCUT2D eigenvalue weighted by Gasteiger charge is 2.23. The van der Waals surface area contributed by atoms with Crippen molar-refractivity contribution < 1.29 is 4.79 Å². The Bertz CT molecular complexity index is 1140. The lowest BCUT2D eigenvalue weighted by Crippen LogP contribution is -2.49. The highest BCUT2D eigenvalue weighted by molar-refractivity contribution is 5.81. The zero-order chi connectivity index (χ0) is 23.8. The van der Waals surface area contributed by atoms with Crippen LogP contribution in [0.3, 0.4) is 0 Å². The summed E-state index contributed by atoms with van der Waals surface area (Å²) in [5.74, 6) is 1.02. The van der Waals surface area contributed by atoms with Crippen LogP contribution in [0.2, 0.25) is 0 Å². The Morgan fingerprint density at radius 3 is 2.76 bits per heavy atom. The van der Waals surface area contributed by atoms with Gasteiger partial charge in [0.05, 0.1) is 12.2 Å². The minimum Gasteiger partial charge on any atom is -0.368 e. The van der Waals surface area contributed by atoms with Crippen LogP contribution in [0, 0.1) is 0 Å². The number of hydrogen-bond donors (Lipinski definition) is 1. The number of hydrogen-bond acceptors (Lipinski definition) is 4. The summed E-state index contributed by atoms with van der Waals surface area (Å²) in [6, 6.07) is 5.96. The second-order valence-corrected chi connectivity index (χ2v) is 8.68. The van der Waals surface area contributed by atoms with Crippen LogP contribution in [0.4, 0.5) is 5.82 Å². The lowest BCUT2D eigenvalue weighted by molar-refractivity contribution is -0.130. The third-order valence-corrected chi connectivity index (χ3v) is 6.28. The molecule has 1 aliphatic heterocycles. The average molecular weight is 458 g/mol. The molecule has 2 aliphatic rings. The fraction of sp³-hybridized carbons (Fsp3) is 0.357. The molecule has 0 aromatic carbocycles. The first kappa shape index (κ1) is 23.6. The highest BCUT2D eigenvalue weighted by Crippen LogP contribution is 2.21. The molecule has 1 saturated heterocycles. The van der Waals surface area contributed by atoms with Crippen LogP contribution < -0.4 is 5.32 Å². The van der Waals surface area contributed by atoms with Gasteiger partial charge in [0.1, 0.15) is 11.5 Å². The van der Waals surface area contributed by atoms with Gasteiger partial charge in [-0.2, -0.15) is 0 Å². The van der Waals surface area contributed by atoms with Gasteiger partial charge in [-0.05, 0) is 43.5 Å². The van der Waals surface area contributed by atoms with Crippen molar-refractivity contribution in [1.29, 1.82) is 0 Å². The summed E-state index contributed by atoms with van der Waals surface area (Å²) >= 11 is 0. The van der Waals surface area contributed by atoms with Crippen LogP contribution in [0.1, 0.15) is 32.4 Å². The first-order valence-electron chi connectivity index (χ1n) is 12.2. The van der Waals surface area contributed by atoms with E-state index in [0.717, 1.165) is 56.2 Å². The molecule has 3 heterocycles. The molecule has 0 unspecified atom stereocenters. The van der Waals surface area contributed by atoms with Gasteiger partial charge in [-0.1, -0.05) is 55.5 Å². The summed E-state index contributed by atoms with van der Waals surface area (Å²) in [5.41, 5.74) is 4.51. The second-order valence-electron chi connectivity index (χ2n) is 8.68. The number of imidazole rings is 1. The monoisotopic (exact) mass is 457 g/mol. The Labute approximate surface area is 202 Å². The number of rotatable bonds is 8. The van der Waals surface area contributed by atoms with Crippen molar-refractivity contribution in [1.82, 2.24) is 19.2 Å². The van der Waals surface area contributed by atoms with Gasteiger partial charge in [0.15, 0.2) is 0 Å². The number of allylic oxidation sites excluding steroid dienone is 9. The summed E-state index contributed by atoms with van der Waals surface area (Å²) in [6.45, 7) is 7.78. The Hall–Kier alpha value is -3.54. The average Bonchev–Trinajstić information content (AvgIpc) is 3.07. The third-order valence-electron chi connectivity index (χ3n) is 6.28. The standard InChI is InChI=1S/C28H35N5O/c1-3-4-5-6-9-14-24-28(33-17-12-11-16-26(33)30-24)29-22-27(34)32-20-18-31(19-21-32)25-15-10-7-8-13-23(25)2/h4-12,15-17,29H,3,13-14,18-22H2,1-2H3/b5-4-,9-6-. The number of carbonyl (C=O) groups excluding carboxylic acids is 1. The van der Waals surface area contributed by atoms with Crippen LogP contribution in [-0.4, -0.2) is 57.8 Å². The number of fused-ring (bicyclic) bond motifs is 1. The van der Waals surface area contributed by atoms with E-state index in [-0.39, 0.29) is 12.5 Å². The molecule has 0 atom stereocenters. The Morgan fingerprint density at radius 1 is 1.12 bits per heavy atom. The number of anilines is 1. The predicted octanol–water partition coefficient (Wildman–Crippen LogP) is 4.75. The van der Waals surface area contributed by atoms with Crippen molar-refractivity contribution in [3.8, 4) is 0 Å². The maximum absolute atomic E-state index is 13.0. The van der Waals surface area contributed by atoms with Gasteiger partial charge in [0, 0.05) is 44.5 Å². The molecule has 1 aliphatic carbocycles. The SMILES string of the molecule is CC/C=C\C=C/Cc1nc2ccccn2c1NCC(=O)N1CCN(C2=C(C)CC=CC=C2)CC1. The van der Waals surface area contributed by atoms with Crippen molar-refractivity contribution in [2.45, 2.75) is 33.1 Å². The quantitative estimate of drug-likeness (QED) is 0.582. The summed E-state index contributed by atoms with van der Waals surface area (Å²) in [7, 11) is 0. The van der Waals surface area contributed by atoms with Gasteiger partial charge in [-0.3, -0.25) is 9.20 Å². The number of piperazine rings is 1. The van der Waals surface area contributed by atoms with Crippen molar-refractivity contribution in [3.05, 3.63) is 90.0 Å². The molecule has 6 heteroatoms. The number of nitrogens with one attached hydrogen (secondary N) is 1. The first-order chi connectivity index (χ1) is 16.7. The van der Waals surface area contributed by atoms with E-state index in [0.29, 0.717) is 6.42 Å². The molecule has 2 aromatic heterocycles. The number of pyridine rings is 1. The lowest BCUT2D eigenvalue weighted by Gasteiger charge is -2.37. The topological polar surface area (TPSA) is 52.9 Å². The first-order valence-corrected chi connectivity index (χ1v) is 12.2. The summed E-state index contributed by atoms with van der Waals surface area (Å²) in [6.07, 6.45) is 21.6. The Morgan fingerprint density at radius 2 is 1.94 bits per heavy atom. The maximum Gasteiger partial charge on any atom is 0.242 e. The van der Waals surface area contributed by atoms with Crippen LogP contribution in [0.25, 0.3) is 5.65 Å². The molecule has 4 rings (SSSR count). The molecule has 0 radical (unpaired) electrons. The van der Waals surface area contributed by atoms with E-state index in [1.807, 2.05) is 33.7 Å². The molecule has 34 heavy (non-hydrogen) atoms. The van der Waals surface area contributed by atoms with E-state index in [1.54, 1.807) is 0 Å². The molecule has 1 fully saturated rings. The van der Waals surface area contributed by atoms with Gasteiger partial charge < -0.3 is 15.1 Å². The van der Waals surface area contributed by atoms with Gasteiger partial charge >= 0.3 is 0 Å². The molecule has 0 saturated carbocycles. The summed E-state index contributed by atoms with van der Waals surface area (Å²) in [5, 5.41) is 3.39. The van der Waals surface area contributed by atoms with Crippen LogP contribution in [-0.2, 0) is 11.2 Å². The molecule has 2 aromatic rings. The number of carbonyl (C=O) groups is 1. The molecule has 6 nitrogen and oxygen atoms in total. The van der Waals surface area contributed by atoms with Crippen molar-refractivity contribution in [2.24, 2.45) is 0 Å². The van der Waals surface area contributed by atoms with Crippen LogP contribution in [0.15, 0.2) is 84.3 Å². The van der Waals surface area contributed by atoms with E-state index >= 15 is 0 Å². The van der Waals surface area contributed by atoms with Crippen LogP contribution >= 0.6 is 0 Å². The zero-order valence-electron chi connectivity index (χ0n) is 20.3. The van der Waals surface area contributed by atoms with Crippen molar-refractivity contribution >= 4 is 17.4 Å². The number of aromatic nitrogens is 2. The Kier molecular flexibility index (Phi) is 8.02. The van der Waals surface area contributed by atoms with E-state index in [4.69, 9.17) is 4.98 Å². The summed E-state index contributed by atoms with van der Waals surface area (Å²) in [4.78, 5) is 22.2. The van der Waals surface area contributed by atoms with Gasteiger partial charge in [-0.25, -0.2) is 4.98 Å². The lowest BCUT2D eigenvalue weighted by atomic mass is 10.1. The minimum absolute atomic E-state index is 0.127. The second kappa shape index (κ2) is 11.5. The van der Waals surface area contributed by atoms with E-state index in [9.17, 15) is 4.79 Å². The van der Waals surface area contributed by atoms with Crippen LogP contribution in [0.5, 0.6) is 0 Å². The third kappa shape index (κ3) is 5.68. The van der Waals surface area contributed by atoms with Gasteiger partial charge in [0.2, 0.25) is 5.91 Å². The normalized spacial score (nSPS) is 16.9. The van der Waals surface area contributed by atoms with E-state index < -0.39 is 0 Å². The predicted molar refractivity (Wildman–Crippen MR) is 140 cm³/mol. The minimum atomic E-state index is 0.127. The molecule has 0 bridgehead atoms. The number of amides is 1. The summed E-state index contributed by atoms with van der Waals surface area (Å²) < 4.78 is 2.03. The molecular weight excluding hydrogens is 422 g/mol. The number of nitrogens with zero attached hydrogens (tertiary/aromatic N) is 4. The van der Waals surface area contributed by atoms with Gasteiger partial charge in [-0.15, -0.1) is 0 Å². The fourth-order valence-corrected chi connectivity index (χ4v) is 4.41.